The third kappa shape index (κ3) is 2.63. The van der Waals surface area contributed by atoms with Crippen molar-refractivity contribution in [2.45, 2.75) is 44.6 Å². The van der Waals surface area contributed by atoms with Gasteiger partial charge in [0.1, 0.15) is 11.3 Å². The lowest BCUT2D eigenvalue weighted by molar-refractivity contribution is 0.0697. The molecule has 1 aliphatic carbocycles. The van der Waals surface area contributed by atoms with E-state index in [0.717, 1.165) is 17.7 Å². The Morgan fingerprint density at radius 1 is 1.30 bits per heavy atom. The van der Waals surface area contributed by atoms with E-state index in [-0.39, 0.29) is 0 Å². The van der Waals surface area contributed by atoms with E-state index in [4.69, 9.17) is 0 Å². The van der Waals surface area contributed by atoms with E-state index in [0.29, 0.717) is 17.3 Å². The zero-order valence-electron chi connectivity index (χ0n) is 11.3. The van der Waals surface area contributed by atoms with Gasteiger partial charge in [0.25, 0.3) is 0 Å². The molecule has 0 spiro atoms. The Morgan fingerprint density at radius 3 is 2.65 bits per heavy atom. The number of nitrogens with zero attached hydrogens (tertiary/aromatic N) is 2. The van der Waals surface area contributed by atoms with Gasteiger partial charge in [-0.3, -0.25) is 4.68 Å². The lowest BCUT2D eigenvalue weighted by Gasteiger charge is -2.14. The van der Waals surface area contributed by atoms with Gasteiger partial charge in [-0.1, -0.05) is 31.7 Å². The first kappa shape index (κ1) is 13.4. The van der Waals surface area contributed by atoms with Crippen LogP contribution >= 0.6 is 11.3 Å². The number of carbonyl (C=O) groups is 1. The Labute approximate surface area is 122 Å². The fourth-order valence-corrected chi connectivity index (χ4v) is 3.58. The molecule has 1 fully saturated rings. The van der Waals surface area contributed by atoms with E-state index in [1.807, 2.05) is 22.2 Å². The van der Waals surface area contributed by atoms with Crippen molar-refractivity contribution in [2.24, 2.45) is 0 Å². The van der Waals surface area contributed by atoms with Crippen molar-refractivity contribution in [1.29, 1.82) is 0 Å². The van der Waals surface area contributed by atoms with Crippen LogP contribution in [0.15, 0.2) is 23.7 Å². The number of hydrogen-bond acceptors (Lipinski definition) is 3. The molecule has 0 bridgehead atoms. The van der Waals surface area contributed by atoms with Crippen LogP contribution in [0.3, 0.4) is 0 Å². The lowest BCUT2D eigenvalue weighted by Crippen LogP contribution is -2.08. The maximum atomic E-state index is 11.4. The molecule has 20 heavy (non-hydrogen) atoms. The van der Waals surface area contributed by atoms with Gasteiger partial charge < -0.3 is 5.11 Å². The molecular formula is C15H18N2O2S. The van der Waals surface area contributed by atoms with Crippen molar-refractivity contribution in [3.63, 3.8) is 0 Å². The van der Waals surface area contributed by atoms with Crippen molar-refractivity contribution < 1.29 is 9.90 Å². The molecule has 0 atom stereocenters. The van der Waals surface area contributed by atoms with Gasteiger partial charge in [-0.25, -0.2) is 4.79 Å². The van der Waals surface area contributed by atoms with Crippen molar-refractivity contribution in [1.82, 2.24) is 9.78 Å². The van der Waals surface area contributed by atoms with Crippen LogP contribution in [0.1, 0.15) is 54.9 Å². The number of aromatic nitrogens is 2. The third-order valence-corrected chi connectivity index (χ3v) is 4.79. The molecule has 0 saturated heterocycles. The van der Waals surface area contributed by atoms with E-state index in [9.17, 15) is 9.90 Å². The molecule has 1 N–H and O–H groups in total. The Morgan fingerprint density at radius 2 is 2.05 bits per heavy atom. The molecular weight excluding hydrogens is 272 g/mol. The summed E-state index contributed by atoms with van der Waals surface area (Å²) in [5, 5.41) is 15.9. The van der Waals surface area contributed by atoms with Crippen LogP contribution in [0.25, 0.3) is 10.6 Å². The van der Waals surface area contributed by atoms with Crippen LogP contribution in [-0.4, -0.2) is 20.9 Å². The Kier molecular flexibility index (Phi) is 3.87. The molecule has 0 amide bonds. The number of thiophene rings is 1. The summed E-state index contributed by atoms with van der Waals surface area (Å²) in [4.78, 5) is 12.4. The smallest absolute Gasteiger partial charge is 0.339 e. The molecule has 0 radical (unpaired) electrons. The first-order chi connectivity index (χ1) is 9.75. The summed E-state index contributed by atoms with van der Waals surface area (Å²) in [7, 11) is 0. The minimum Gasteiger partial charge on any atom is -0.478 e. The summed E-state index contributed by atoms with van der Waals surface area (Å²) in [5.74, 6) is -0.895. The largest absolute Gasteiger partial charge is 0.478 e. The molecule has 0 aliphatic heterocycles. The van der Waals surface area contributed by atoms with E-state index >= 15 is 0 Å². The highest BCUT2D eigenvalue weighted by Gasteiger charge is 2.22. The predicted molar refractivity (Wildman–Crippen MR) is 79.2 cm³/mol. The second-order valence-corrected chi connectivity index (χ2v) is 6.25. The maximum absolute atomic E-state index is 11.4. The minimum atomic E-state index is -0.895. The third-order valence-electron chi connectivity index (χ3n) is 3.92. The number of carboxylic acid groups (broad SMARTS) is 1. The quantitative estimate of drug-likeness (QED) is 0.862. The molecule has 2 heterocycles. The molecule has 1 saturated carbocycles. The second-order valence-electron chi connectivity index (χ2n) is 5.30. The average Bonchev–Trinajstić information content (AvgIpc) is 3.02. The van der Waals surface area contributed by atoms with Crippen molar-refractivity contribution in [3.05, 3.63) is 29.3 Å². The Bertz CT molecular complexity index is 581. The Hall–Kier alpha value is -1.62. The topological polar surface area (TPSA) is 55.1 Å². The van der Waals surface area contributed by atoms with Gasteiger partial charge >= 0.3 is 5.97 Å². The standard InChI is InChI=1S/C15H18N2O2S/c18-15(19)12-10-17(11-6-3-1-2-4-7-11)16-14(12)13-8-5-9-20-13/h5,8-11H,1-4,6-7H2,(H,18,19). The Balaban J connectivity index is 1.96. The van der Waals surface area contributed by atoms with E-state index in [2.05, 4.69) is 5.10 Å². The predicted octanol–water partition coefficient (Wildman–Crippen LogP) is 4.21. The highest BCUT2D eigenvalue weighted by atomic mass is 32.1. The molecule has 1 aliphatic rings. The highest BCUT2D eigenvalue weighted by Crippen LogP contribution is 2.31. The van der Waals surface area contributed by atoms with Gasteiger partial charge in [-0.15, -0.1) is 11.3 Å². The molecule has 106 valence electrons. The molecule has 2 aromatic rings. The lowest BCUT2D eigenvalue weighted by atomic mass is 10.1. The summed E-state index contributed by atoms with van der Waals surface area (Å²) in [6, 6.07) is 4.21. The second kappa shape index (κ2) is 5.79. The van der Waals surface area contributed by atoms with Crippen LogP contribution in [0.5, 0.6) is 0 Å². The normalized spacial score (nSPS) is 17.0. The van der Waals surface area contributed by atoms with Gasteiger partial charge in [-0.2, -0.15) is 5.10 Å². The number of aromatic carboxylic acids is 1. The van der Waals surface area contributed by atoms with Crippen LogP contribution in [0.2, 0.25) is 0 Å². The highest BCUT2D eigenvalue weighted by molar-refractivity contribution is 7.13. The molecule has 4 nitrogen and oxygen atoms in total. The van der Waals surface area contributed by atoms with Crippen molar-refractivity contribution >= 4 is 17.3 Å². The zero-order chi connectivity index (χ0) is 13.9. The summed E-state index contributed by atoms with van der Waals surface area (Å²) in [6.45, 7) is 0. The fraction of sp³-hybridized carbons (Fsp3) is 0.467. The molecule has 0 unspecified atom stereocenters. The summed E-state index contributed by atoms with van der Waals surface area (Å²) in [5.41, 5.74) is 0.924. The number of carboxylic acids is 1. The molecule has 0 aromatic carbocycles. The molecule has 3 rings (SSSR count). The average molecular weight is 290 g/mol. The molecule has 5 heteroatoms. The van der Waals surface area contributed by atoms with Crippen LogP contribution in [0, 0.1) is 0 Å². The molecule has 2 aromatic heterocycles. The van der Waals surface area contributed by atoms with Crippen LogP contribution in [-0.2, 0) is 0 Å². The number of rotatable bonds is 3. The van der Waals surface area contributed by atoms with Crippen LogP contribution < -0.4 is 0 Å². The first-order valence-corrected chi connectivity index (χ1v) is 8.00. The van der Waals surface area contributed by atoms with Crippen LogP contribution in [0.4, 0.5) is 0 Å². The summed E-state index contributed by atoms with van der Waals surface area (Å²) in [6.07, 6.45) is 8.90. The van der Waals surface area contributed by atoms with E-state index in [1.165, 1.54) is 37.0 Å². The fourth-order valence-electron chi connectivity index (χ4n) is 2.85. The zero-order valence-corrected chi connectivity index (χ0v) is 12.1. The first-order valence-electron chi connectivity index (χ1n) is 7.12. The SMILES string of the molecule is O=C(O)c1cn(C2CCCCCC2)nc1-c1cccs1. The monoisotopic (exact) mass is 290 g/mol. The van der Waals surface area contributed by atoms with E-state index in [1.54, 1.807) is 6.20 Å². The van der Waals surface area contributed by atoms with Crippen molar-refractivity contribution in [2.75, 3.05) is 0 Å². The van der Waals surface area contributed by atoms with Gasteiger partial charge in [0.15, 0.2) is 0 Å². The summed E-state index contributed by atoms with van der Waals surface area (Å²) < 4.78 is 1.89. The van der Waals surface area contributed by atoms with Gasteiger partial charge in [0.05, 0.1) is 10.9 Å². The van der Waals surface area contributed by atoms with E-state index < -0.39 is 5.97 Å². The number of hydrogen-bond donors (Lipinski definition) is 1. The minimum absolute atomic E-state index is 0.316. The van der Waals surface area contributed by atoms with Crippen molar-refractivity contribution in [3.8, 4) is 10.6 Å². The van der Waals surface area contributed by atoms with Gasteiger partial charge in [0.2, 0.25) is 0 Å². The maximum Gasteiger partial charge on any atom is 0.339 e. The van der Waals surface area contributed by atoms with Gasteiger partial charge in [-0.05, 0) is 24.3 Å². The van der Waals surface area contributed by atoms with Gasteiger partial charge in [0, 0.05) is 6.20 Å². The summed E-state index contributed by atoms with van der Waals surface area (Å²) >= 11 is 1.53.